The zero-order valence-electron chi connectivity index (χ0n) is 72.4. The summed E-state index contributed by atoms with van der Waals surface area (Å²) in [5.41, 5.74) is 55.6. The van der Waals surface area contributed by atoms with Crippen molar-refractivity contribution < 1.29 is 0 Å². The van der Waals surface area contributed by atoms with Crippen molar-refractivity contribution in [2.45, 2.75) is 74.0 Å². The molecule has 0 aromatic heterocycles. The summed E-state index contributed by atoms with van der Waals surface area (Å²) in [5, 5.41) is 0. The quantitative estimate of drug-likeness (QED) is 0.164. The summed E-state index contributed by atoms with van der Waals surface area (Å²) in [6, 6.07) is 150. The number of hydrogen-bond donors (Lipinski definition) is 0. The molecule has 9 aliphatic carbocycles. The molecule has 9 aliphatic rings. The molecule has 0 heterocycles. The normalized spacial score (nSPS) is 15.4. The Hall–Kier alpha value is -14.6. The second-order valence-electron chi connectivity index (χ2n) is 37.7. The molecule has 0 fully saturated rings. The number of fused-ring (bicyclic) bond motifs is 39. The van der Waals surface area contributed by atoms with Crippen LogP contribution in [0.2, 0.25) is 0 Å². The van der Waals surface area contributed by atoms with Crippen molar-refractivity contribution in [3.8, 4) is 100 Å². The highest BCUT2D eigenvalue weighted by atomic mass is 15.1. The number of nitrogens with zero attached hydrogens (tertiary/aromatic N) is 3. The topological polar surface area (TPSA) is 9.72 Å². The van der Waals surface area contributed by atoms with Crippen LogP contribution in [-0.2, 0) is 32.5 Å². The molecule has 0 saturated carbocycles. The van der Waals surface area contributed by atoms with Crippen molar-refractivity contribution in [1.82, 2.24) is 0 Å². The monoisotopic (exact) mass is 1610 g/mol. The van der Waals surface area contributed by atoms with Crippen molar-refractivity contribution in [2.24, 2.45) is 0 Å². The summed E-state index contributed by atoms with van der Waals surface area (Å²) < 4.78 is 0. The van der Waals surface area contributed by atoms with Gasteiger partial charge in [-0.3, -0.25) is 0 Å². The summed E-state index contributed by atoms with van der Waals surface area (Å²) in [6.45, 7) is 14.1. The fraction of sp³-hybridized carbons (Fsp3) is 0.122. The van der Waals surface area contributed by atoms with E-state index in [2.05, 4.69) is 478 Å². The molecule has 0 unspecified atom stereocenters. The van der Waals surface area contributed by atoms with Crippen LogP contribution in [0, 0.1) is 0 Å². The lowest BCUT2D eigenvalue weighted by atomic mass is 9.70. The van der Waals surface area contributed by atoms with Crippen LogP contribution in [0.25, 0.3) is 100 Å². The minimum atomic E-state index is -0.323. The van der Waals surface area contributed by atoms with E-state index in [1.54, 1.807) is 0 Å². The molecule has 0 amide bonds. The molecule has 0 bridgehead atoms. The molecule has 0 aliphatic heterocycles. The average molecular weight is 1610 g/mol. The van der Waals surface area contributed by atoms with Crippen molar-refractivity contribution in [3.63, 3.8) is 0 Å². The van der Waals surface area contributed by atoms with Gasteiger partial charge in [-0.2, -0.15) is 0 Å². The van der Waals surface area contributed by atoms with Crippen molar-refractivity contribution in [1.29, 1.82) is 0 Å². The number of hydrogen-bond acceptors (Lipinski definition) is 3. The lowest BCUT2D eigenvalue weighted by Crippen LogP contribution is -2.26. The van der Waals surface area contributed by atoms with Gasteiger partial charge in [0.05, 0.1) is 16.2 Å². The van der Waals surface area contributed by atoms with E-state index in [1.165, 1.54) is 234 Å². The highest BCUT2D eigenvalue weighted by Gasteiger charge is 2.56. The van der Waals surface area contributed by atoms with Gasteiger partial charge >= 0.3 is 0 Å². The van der Waals surface area contributed by atoms with E-state index >= 15 is 0 Å². The SMILES string of the molecule is CN(c1ccc2c(c1)-c1ccccc1C2(C)C)c1cccc2c1-c1ccccc1C21c2ccccc2-c2ccccc21.CN(c1ccc2c(c1)-c1ccccc1C21c2ccccc2-c2ccccc21)c1ccc2c(c1)C(C)(C)c1ccccc1-2.CN(c1ccc2c(c1)C(C)(C)c1ccccc1-2)c1cccc2c1-c1ccccc1C21c2ccccc2-c2ccccc21. The Kier molecular flexibility index (Phi) is 15.7. The fourth-order valence-electron chi connectivity index (χ4n) is 25.2. The smallest absolute Gasteiger partial charge is 0.0726 e. The van der Waals surface area contributed by atoms with Gasteiger partial charge in [-0.1, -0.05) is 381 Å². The van der Waals surface area contributed by atoms with Crippen LogP contribution >= 0.6 is 0 Å². The Morgan fingerprint density at radius 2 is 0.333 bits per heavy atom. The van der Waals surface area contributed by atoms with Gasteiger partial charge in [-0.25, -0.2) is 0 Å². The molecule has 600 valence electrons. The van der Waals surface area contributed by atoms with E-state index in [9.17, 15) is 0 Å². The van der Waals surface area contributed by atoms with Crippen molar-refractivity contribution in [3.05, 3.63) is 501 Å². The summed E-state index contributed by atoms with van der Waals surface area (Å²) in [7, 11) is 6.67. The number of rotatable bonds is 6. The molecular weight excluding hydrogens is 1520 g/mol. The minimum Gasteiger partial charge on any atom is -0.345 e. The maximum Gasteiger partial charge on any atom is 0.0726 e. The maximum absolute atomic E-state index is 2.42. The van der Waals surface area contributed by atoms with E-state index < -0.39 is 0 Å². The first kappa shape index (κ1) is 74.0. The van der Waals surface area contributed by atoms with Gasteiger partial charge in [0.2, 0.25) is 0 Å². The zero-order chi connectivity index (χ0) is 84.6. The average Bonchev–Trinajstić information content (AvgIpc) is 1.52. The maximum atomic E-state index is 2.42. The largest absolute Gasteiger partial charge is 0.345 e. The molecule has 0 radical (unpaired) electrons. The minimum absolute atomic E-state index is 0.00555. The van der Waals surface area contributed by atoms with Gasteiger partial charge in [0.25, 0.3) is 0 Å². The highest BCUT2D eigenvalue weighted by molar-refractivity contribution is 6.04. The van der Waals surface area contributed by atoms with E-state index in [-0.39, 0.29) is 32.5 Å². The standard InChI is InChI=1S/3C41H31N/c1-40(2)32-17-8-4-15-29(32)31-25-26(23-24-33(31)40)42(3)38-22-12-21-37-39(38)30-16-7-11-20-36(30)41(37)34-18-9-5-13-27(34)28-14-6-10-19-35(28)41;1-40(2)32-17-8-4-13-27(32)30-24-23-26(25-37(30)40)42(3)38-22-12-21-36-39(38)31-16-7-11-20-35(31)41(36)33-18-9-5-14-28(33)29-15-6-10-19-34(29)41;1-40(2)34-16-8-4-12-28(34)32-22-20-27(25-39(32)40)42(3)26-21-23-38-33(24-26)31-15-7-11-19-37(31)41(38)35-17-9-5-13-29(35)30-14-6-10-18-36(30)41/h3*4-25H,1-3H3. The molecule has 3 spiro atoms. The molecular formula is C123H93N3. The summed E-state index contributed by atoms with van der Waals surface area (Å²) in [5.74, 6) is 0. The predicted octanol–water partition coefficient (Wildman–Crippen LogP) is 30.3. The lowest BCUT2D eigenvalue weighted by molar-refractivity contribution is 0.660. The molecule has 3 nitrogen and oxygen atoms in total. The Labute approximate surface area is 739 Å². The first-order valence-corrected chi connectivity index (χ1v) is 44.8. The zero-order valence-corrected chi connectivity index (χ0v) is 72.4. The van der Waals surface area contributed by atoms with E-state index in [1.807, 2.05) is 0 Å². The molecule has 3 heteroatoms. The fourth-order valence-corrected chi connectivity index (χ4v) is 25.2. The van der Waals surface area contributed by atoms with Crippen LogP contribution in [0.4, 0.5) is 34.1 Å². The Bertz CT molecular complexity index is 7590. The Balaban J connectivity index is 0.000000103. The number of anilines is 6. The highest BCUT2D eigenvalue weighted by Crippen LogP contribution is 2.69. The first-order valence-electron chi connectivity index (χ1n) is 44.8. The van der Waals surface area contributed by atoms with Gasteiger partial charge < -0.3 is 14.7 Å². The van der Waals surface area contributed by atoms with Crippen LogP contribution in [0.1, 0.15) is 142 Å². The molecule has 0 N–H and O–H groups in total. The third-order valence-corrected chi connectivity index (χ3v) is 31.0. The summed E-state index contributed by atoms with van der Waals surface area (Å²) in [4.78, 5) is 7.15. The van der Waals surface area contributed by atoms with Crippen LogP contribution < -0.4 is 14.7 Å². The van der Waals surface area contributed by atoms with Crippen LogP contribution in [0.3, 0.4) is 0 Å². The molecule has 126 heavy (non-hydrogen) atoms. The van der Waals surface area contributed by atoms with Gasteiger partial charge in [0, 0.05) is 82.6 Å². The Morgan fingerprint density at radius 3 is 0.675 bits per heavy atom. The van der Waals surface area contributed by atoms with Gasteiger partial charge in [0.15, 0.2) is 0 Å². The van der Waals surface area contributed by atoms with Crippen LogP contribution in [-0.4, -0.2) is 21.1 Å². The molecule has 18 aromatic carbocycles. The molecule has 0 saturated heterocycles. The van der Waals surface area contributed by atoms with Gasteiger partial charge in [0.1, 0.15) is 0 Å². The van der Waals surface area contributed by atoms with E-state index in [0.717, 1.165) is 0 Å². The summed E-state index contributed by atoms with van der Waals surface area (Å²) >= 11 is 0. The second kappa shape index (κ2) is 26.7. The third-order valence-electron chi connectivity index (χ3n) is 31.0. The second-order valence-corrected chi connectivity index (χ2v) is 37.7. The van der Waals surface area contributed by atoms with Gasteiger partial charge in [-0.15, -0.1) is 0 Å². The third kappa shape index (κ3) is 9.62. The number of benzene rings is 18. The van der Waals surface area contributed by atoms with Crippen molar-refractivity contribution in [2.75, 3.05) is 35.8 Å². The first-order chi connectivity index (χ1) is 61.6. The van der Waals surface area contributed by atoms with Crippen LogP contribution in [0.15, 0.2) is 400 Å². The molecule has 18 aromatic rings. The lowest BCUT2D eigenvalue weighted by Gasteiger charge is -2.31. The summed E-state index contributed by atoms with van der Waals surface area (Å²) in [6.07, 6.45) is 0. The van der Waals surface area contributed by atoms with E-state index in [4.69, 9.17) is 0 Å². The predicted molar refractivity (Wildman–Crippen MR) is 524 cm³/mol. The molecule has 0 atom stereocenters. The van der Waals surface area contributed by atoms with Gasteiger partial charge in [-0.05, 0) is 250 Å². The molecule has 27 rings (SSSR count). The van der Waals surface area contributed by atoms with Crippen molar-refractivity contribution >= 4 is 34.1 Å². The van der Waals surface area contributed by atoms with E-state index in [0.29, 0.717) is 0 Å². The van der Waals surface area contributed by atoms with Crippen LogP contribution in [0.5, 0.6) is 0 Å². The Morgan fingerprint density at radius 1 is 0.143 bits per heavy atom.